The summed E-state index contributed by atoms with van der Waals surface area (Å²) in [5.41, 5.74) is 3.66. The summed E-state index contributed by atoms with van der Waals surface area (Å²) >= 11 is 0. The highest BCUT2D eigenvalue weighted by atomic mass is 16.2. The lowest BCUT2D eigenvalue weighted by Gasteiger charge is -2.10. The van der Waals surface area contributed by atoms with Crippen molar-refractivity contribution in [2.75, 3.05) is 0 Å². The van der Waals surface area contributed by atoms with Crippen molar-refractivity contribution < 1.29 is 10.0 Å². The SMILES string of the molecule is CB(O)c1cccc(B(O)c2ccc(C)cc2)c1. The molecule has 2 rings (SSSR count). The average molecular weight is 238 g/mol. The van der Waals surface area contributed by atoms with E-state index in [1.54, 1.807) is 6.82 Å². The molecule has 0 unspecified atom stereocenters. The molecule has 18 heavy (non-hydrogen) atoms. The van der Waals surface area contributed by atoms with E-state index in [-0.39, 0.29) is 0 Å². The maximum Gasteiger partial charge on any atom is 0.358 e. The molecule has 0 fully saturated rings. The molecule has 0 radical (unpaired) electrons. The van der Waals surface area contributed by atoms with Crippen molar-refractivity contribution >= 4 is 30.2 Å². The zero-order valence-corrected chi connectivity index (χ0v) is 10.7. The summed E-state index contributed by atoms with van der Waals surface area (Å²) in [5.74, 6) is 0. The van der Waals surface area contributed by atoms with E-state index >= 15 is 0 Å². The lowest BCUT2D eigenvalue weighted by Crippen LogP contribution is -2.44. The fraction of sp³-hybridized carbons (Fsp3) is 0.143. The minimum Gasteiger partial charge on any atom is -0.447 e. The summed E-state index contributed by atoms with van der Waals surface area (Å²) in [6.07, 6.45) is 0. The second kappa shape index (κ2) is 5.42. The van der Waals surface area contributed by atoms with Crippen molar-refractivity contribution in [1.82, 2.24) is 0 Å². The third-order valence-electron chi connectivity index (χ3n) is 3.10. The topological polar surface area (TPSA) is 40.5 Å². The van der Waals surface area contributed by atoms with Gasteiger partial charge in [0.05, 0.1) is 0 Å². The maximum absolute atomic E-state index is 10.3. The Balaban J connectivity index is 2.30. The van der Waals surface area contributed by atoms with Gasteiger partial charge in [-0.05, 0) is 23.3 Å². The Kier molecular flexibility index (Phi) is 3.90. The van der Waals surface area contributed by atoms with Gasteiger partial charge in [0.1, 0.15) is 0 Å². The van der Waals surface area contributed by atoms with E-state index in [0.29, 0.717) is 0 Å². The first-order valence-electron chi connectivity index (χ1n) is 6.10. The molecule has 0 aliphatic rings. The highest BCUT2D eigenvalue weighted by Crippen LogP contribution is 1.95. The summed E-state index contributed by atoms with van der Waals surface area (Å²) in [6, 6.07) is 15.2. The highest BCUT2D eigenvalue weighted by molar-refractivity contribution is 6.79. The summed E-state index contributed by atoms with van der Waals surface area (Å²) in [7, 11) is 0. The van der Waals surface area contributed by atoms with Crippen molar-refractivity contribution in [3.63, 3.8) is 0 Å². The first-order chi connectivity index (χ1) is 8.58. The van der Waals surface area contributed by atoms with Crippen molar-refractivity contribution in [3.8, 4) is 0 Å². The Morgan fingerprint density at radius 3 is 2.06 bits per heavy atom. The second-order valence-electron chi connectivity index (χ2n) is 4.66. The van der Waals surface area contributed by atoms with Gasteiger partial charge in [-0.15, -0.1) is 0 Å². The lowest BCUT2D eigenvalue weighted by atomic mass is 9.53. The van der Waals surface area contributed by atoms with Gasteiger partial charge in [0, 0.05) is 0 Å². The molecule has 0 spiro atoms. The van der Waals surface area contributed by atoms with E-state index in [2.05, 4.69) is 0 Å². The van der Waals surface area contributed by atoms with Crippen molar-refractivity contribution in [3.05, 3.63) is 54.1 Å². The van der Waals surface area contributed by atoms with Gasteiger partial charge in [-0.25, -0.2) is 0 Å². The number of rotatable bonds is 3. The van der Waals surface area contributed by atoms with Crippen molar-refractivity contribution in [2.45, 2.75) is 13.7 Å². The van der Waals surface area contributed by atoms with E-state index in [9.17, 15) is 10.0 Å². The number of hydrogen-bond acceptors (Lipinski definition) is 2. The monoisotopic (exact) mass is 238 g/mol. The molecule has 2 aromatic carbocycles. The number of benzene rings is 2. The molecule has 0 heterocycles. The van der Waals surface area contributed by atoms with Crippen LogP contribution in [0.1, 0.15) is 5.56 Å². The Morgan fingerprint density at radius 2 is 1.44 bits per heavy atom. The van der Waals surface area contributed by atoms with Gasteiger partial charge in [0.15, 0.2) is 0 Å². The minimum absolute atomic E-state index is 0.518. The predicted molar refractivity (Wildman–Crippen MR) is 78.3 cm³/mol. The molecule has 2 nitrogen and oxygen atoms in total. The van der Waals surface area contributed by atoms with Crippen molar-refractivity contribution in [2.24, 2.45) is 0 Å². The van der Waals surface area contributed by atoms with Gasteiger partial charge in [0.2, 0.25) is 0 Å². The lowest BCUT2D eigenvalue weighted by molar-refractivity contribution is 0.594. The quantitative estimate of drug-likeness (QED) is 0.734. The molecule has 2 aromatic rings. The zero-order chi connectivity index (χ0) is 13.1. The minimum atomic E-state index is -0.649. The summed E-state index contributed by atoms with van der Waals surface area (Å²) in [4.78, 5) is 0. The van der Waals surface area contributed by atoms with Gasteiger partial charge in [-0.1, -0.05) is 60.9 Å². The van der Waals surface area contributed by atoms with Crippen LogP contribution in [0, 0.1) is 6.92 Å². The molecule has 90 valence electrons. The van der Waals surface area contributed by atoms with E-state index in [1.807, 2.05) is 55.5 Å². The first kappa shape index (κ1) is 12.9. The molecule has 0 atom stereocenters. The van der Waals surface area contributed by atoms with Crippen LogP contribution in [0.4, 0.5) is 0 Å². The molecule has 0 bridgehead atoms. The smallest absolute Gasteiger partial charge is 0.358 e. The molecule has 0 saturated heterocycles. The largest absolute Gasteiger partial charge is 0.447 e. The maximum atomic E-state index is 10.3. The van der Waals surface area contributed by atoms with Crippen LogP contribution >= 0.6 is 0 Å². The third-order valence-corrected chi connectivity index (χ3v) is 3.10. The van der Waals surface area contributed by atoms with Crippen molar-refractivity contribution in [1.29, 1.82) is 0 Å². The fourth-order valence-corrected chi connectivity index (χ4v) is 1.93. The highest BCUT2D eigenvalue weighted by Gasteiger charge is 2.18. The molecule has 0 aliphatic carbocycles. The van der Waals surface area contributed by atoms with E-state index in [0.717, 1.165) is 16.4 Å². The van der Waals surface area contributed by atoms with Gasteiger partial charge in [-0.2, -0.15) is 0 Å². The van der Waals surface area contributed by atoms with Crippen LogP contribution in [0.2, 0.25) is 6.82 Å². The normalized spacial score (nSPS) is 10.2. The predicted octanol–water partition coefficient (Wildman–Crippen LogP) is -0.0864. The standard InChI is InChI=1S/C14H16B2O2/c1-11-6-8-12(9-7-11)16(18)14-5-3-4-13(10-14)15(2)17/h3-10,17-18H,1-2H3. The van der Waals surface area contributed by atoms with E-state index < -0.39 is 13.8 Å². The molecule has 0 saturated carbocycles. The van der Waals surface area contributed by atoms with Crippen LogP contribution in [0.3, 0.4) is 0 Å². The molecule has 0 amide bonds. The fourth-order valence-electron chi connectivity index (χ4n) is 1.93. The Hall–Kier alpha value is -1.51. The number of hydrogen-bond donors (Lipinski definition) is 2. The van der Waals surface area contributed by atoms with Gasteiger partial charge < -0.3 is 10.0 Å². The van der Waals surface area contributed by atoms with Crippen LogP contribution in [-0.4, -0.2) is 23.9 Å². The second-order valence-corrected chi connectivity index (χ2v) is 4.66. The molecular formula is C14H16B2O2. The van der Waals surface area contributed by atoms with Crippen LogP contribution in [0.15, 0.2) is 48.5 Å². The summed E-state index contributed by atoms with van der Waals surface area (Å²) in [5, 5.41) is 19.9. The Labute approximate surface area is 109 Å². The summed E-state index contributed by atoms with van der Waals surface area (Å²) in [6.45, 7) is 2.57. The van der Waals surface area contributed by atoms with Gasteiger partial charge in [-0.3, -0.25) is 0 Å². The third kappa shape index (κ3) is 2.84. The van der Waals surface area contributed by atoms with Gasteiger partial charge >= 0.3 is 13.8 Å². The van der Waals surface area contributed by atoms with E-state index in [4.69, 9.17) is 0 Å². The molecule has 0 aromatic heterocycles. The van der Waals surface area contributed by atoms with Crippen LogP contribution in [0.5, 0.6) is 0 Å². The molecular weight excluding hydrogens is 222 g/mol. The Bertz CT molecular complexity index is 524. The van der Waals surface area contributed by atoms with Gasteiger partial charge in [0.25, 0.3) is 0 Å². The van der Waals surface area contributed by atoms with Crippen LogP contribution < -0.4 is 16.4 Å². The number of aryl methyl sites for hydroxylation is 1. The van der Waals surface area contributed by atoms with E-state index in [1.165, 1.54) is 5.56 Å². The molecule has 0 aliphatic heterocycles. The zero-order valence-electron chi connectivity index (χ0n) is 10.7. The molecule has 4 heteroatoms. The first-order valence-corrected chi connectivity index (χ1v) is 6.10. The average Bonchev–Trinajstić information content (AvgIpc) is 2.39. The Morgan fingerprint density at radius 1 is 0.833 bits per heavy atom. The van der Waals surface area contributed by atoms with Crippen LogP contribution in [0.25, 0.3) is 0 Å². The van der Waals surface area contributed by atoms with Crippen LogP contribution in [-0.2, 0) is 0 Å². The molecule has 2 N–H and O–H groups in total. The summed E-state index contributed by atoms with van der Waals surface area (Å²) < 4.78 is 0.